The van der Waals surface area contributed by atoms with Crippen molar-refractivity contribution in [3.8, 4) is 22.3 Å². The Balaban J connectivity index is 1.17. The molecule has 0 bridgehead atoms. The average Bonchev–Trinajstić information content (AvgIpc) is 3.88. The lowest BCUT2D eigenvalue weighted by Crippen LogP contribution is -2.22. The standard InChI is InChI=1S/C50H33NS2/c1-50(40-21-8-5-16-35(40)36-17-6-9-22-41(36)50)42-23-13-27-46-47(42)39-20-12-25-44(49(39)53-46)51(34-30-28-33(29-31-34)32-14-3-2-4-15-32)43-24-11-19-38-37-18-7-10-26-45(37)52-48(38)43/h2-31H,1H3. The van der Waals surface area contributed by atoms with Crippen molar-refractivity contribution in [3.05, 3.63) is 199 Å². The fraction of sp³-hybridized carbons (Fsp3) is 0.0400. The summed E-state index contributed by atoms with van der Waals surface area (Å²) in [4.78, 5) is 2.51. The molecule has 10 aromatic rings. The van der Waals surface area contributed by atoms with Crippen LogP contribution in [0, 0.1) is 0 Å². The normalized spacial score (nSPS) is 13.2. The highest BCUT2D eigenvalue weighted by Gasteiger charge is 2.41. The first-order chi connectivity index (χ1) is 26.2. The van der Waals surface area contributed by atoms with Gasteiger partial charge in [-0.05, 0) is 82.3 Å². The van der Waals surface area contributed by atoms with E-state index < -0.39 is 0 Å². The van der Waals surface area contributed by atoms with E-state index in [0.29, 0.717) is 0 Å². The van der Waals surface area contributed by atoms with Gasteiger partial charge in [0.2, 0.25) is 0 Å². The van der Waals surface area contributed by atoms with Crippen molar-refractivity contribution in [2.24, 2.45) is 0 Å². The molecular formula is C50H33NS2. The molecule has 1 nitrogen and oxygen atoms in total. The molecule has 0 atom stereocenters. The third kappa shape index (κ3) is 4.48. The molecule has 1 aliphatic carbocycles. The molecule has 53 heavy (non-hydrogen) atoms. The van der Waals surface area contributed by atoms with E-state index in [9.17, 15) is 0 Å². The lowest BCUT2D eigenvalue weighted by atomic mass is 9.73. The molecule has 8 aromatic carbocycles. The zero-order valence-corrected chi connectivity index (χ0v) is 30.7. The van der Waals surface area contributed by atoms with Crippen molar-refractivity contribution in [2.45, 2.75) is 12.3 Å². The molecule has 2 heterocycles. The van der Waals surface area contributed by atoms with Crippen LogP contribution in [0.2, 0.25) is 0 Å². The van der Waals surface area contributed by atoms with Gasteiger partial charge in [0.1, 0.15) is 0 Å². The van der Waals surface area contributed by atoms with Gasteiger partial charge >= 0.3 is 0 Å². The van der Waals surface area contributed by atoms with Crippen LogP contribution in [0.5, 0.6) is 0 Å². The minimum Gasteiger partial charge on any atom is -0.308 e. The lowest BCUT2D eigenvalue weighted by Gasteiger charge is -2.29. The summed E-state index contributed by atoms with van der Waals surface area (Å²) in [5.74, 6) is 0. The molecule has 0 amide bonds. The van der Waals surface area contributed by atoms with E-state index in [2.05, 4.69) is 194 Å². The second-order valence-corrected chi connectivity index (χ2v) is 16.3. The molecule has 0 aliphatic heterocycles. The van der Waals surface area contributed by atoms with Crippen LogP contribution in [0.3, 0.4) is 0 Å². The van der Waals surface area contributed by atoms with E-state index in [0.717, 1.165) is 5.69 Å². The molecule has 3 heteroatoms. The Morgan fingerprint density at radius 1 is 0.396 bits per heavy atom. The van der Waals surface area contributed by atoms with E-state index in [1.54, 1.807) is 0 Å². The highest BCUT2D eigenvalue weighted by Crippen LogP contribution is 2.56. The molecule has 0 fully saturated rings. The Labute approximate surface area is 316 Å². The Morgan fingerprint density at radius 2 is 0.906 bits per heavy atom. The van der Waals surface area contributed by atoms with E-state index in [1.807, 2.05) is 22.7 Å². The maximum absolute atomic E-state index is 2.51. The predicted molar refractivity (Wildman–Crippen MR) is 230 cm³/mol. The van der Waals surface area contributed by atoms with E-state index >= 15 is 0 Å². The predicted octanol–water partition coefficient (Wildman–Crippen LogP) is 14.9. The van der Waals surface area contributed by atoms with Gasteiger partial charge in [0.25, 0.3) is 0 Å². The number of rotatable bonds is 5. The van der Waals surface area contributed by atoms with Gasteiger partial charge in [-0.3, -0.25) is 0 Å². The molecule has 0 spiro atoms. The molecule has 11 rings (SSSR count). The monoisotopic (exact) mass is 711 g/mol. The van der Waals surface area contributed by atoms with Crippen LogP contribution in [0.15, 0.2) is 182 Å². The Morgan fingerprint density at radius 3 is 1.64 bits per heavy atom. The number of benzene rings is 8. The van der Waals surface area contributed by atoms with Gasteiger partial charge in [0.05, 0.1) is 20.8 Å². The van der Waals surface area contributed by atoms with Crippen molar-refractivity contribution in [2.75, 3.05) is 4.90 Å². The number of nitrogens with zero attached hydrogens (tertiary/aromatic N) is 1. The van der Waals surface area contributed by atoms with Gasteiger partial charge in [0, 0.05) is 42.0 Å². The van der Waals surface area contributed by atoms with Crippen LogP contribution >= 0.6 is 22.7 Å². The molecule has 2 aromatic heterocycles. The van der Waals surface area contributed by atoms with Gasteiger partial charge in [0.15, 0.2) is 0 Å². The summed E-state index contributed by atoms with van der Waals surface area (Å²) >= 11 is 3.80. The summed E-state index contributed by atoms with van der Waals surface area (Å²) in [5.41, 5.74) is 12.5. The Bertz CT molecular complexity index is 2980. The first kappa shape index (κ1) is 30.6. The number of anilines is 3. The summed E-state index contributed by atoms with van der Waals surface area (Å²) in [6.07, 6.45) is 0. The van der Waals surface area contributed by atoms with Gasteiger partial charge in [-0.15, -0.1) is 22.7 Å². The maximum Gasteiger partial charge on any atom is 0.0640 e. The summed E-state index contributed by atoms with van der Waals surface area (Å²) in [5, 5.41) is 5.26. The average molecular weight is 712 g/mol. The summed E-state index contributed by atoms with van der Waals surface area (Å²) in [7, 11) is 0. The molecule has 0 radical (unpaired) electrons. The smallest absolute Gasteiger partial charge is 0.0640 e. The topological polar surface area (TPSA) is 3.24 Å². The van der Waals surface area contributed by atoms with Crippen LogP contribution in [0.25, 0.3) is 62.6 Å². The quantitative estimate of drug-likeness (QED) is 0.172. The Kier molecular flexibility index (Phi) is 6.79. The second kappa shape index (κ2) is 11.8. The zero-order valence-electron chi connectivity index (χ0n) is 29.1. The van der Waals surface area contributed by atoms with E-state index in [-0.39, 0.29) is 5.41 Å². The summed E-state index contributed by atoms with van der Waals surface area (Å²) in [6.45, 7) is 2.43. The van der Waals surface area contributed by atoms with Crippen molar-refractivity contribution < 1.29 is 0 Å². The molecule has 0 unspecified atom stereocenters. The fourth-order valence-corrected chi connectivity index (χ4v) is 11.4. The van der Waals surface area contributed by atoms with Crippen molar-refractivity contribution in [1.29, 1.82) is 0 Å². The summed E-state index contributed by atoms with van der Waals surface area (Å²) < 4.78 is 5.21. The Hall–Kier alpha value is -6.00. The minimum absolute atomic E-state index is 0.285. The lowest BCUT2D eigenvalue weighted by molar-refractivity contribution is 0.722. The molecule has 0 saturated heterocycles. The minimum atomic E-state index is -0.285. The number of thiophene rings is 2. The fourth-order valence-electron chi connectivity index (χ4n) is 8.92. The van der Waals surface area contributed by atoms with Crippen molar-refractivity contribution >= 4 is 80.1 Å². The molecule has 0 saturated carbocycles. The number of hydrogen-bond acceptors (Lipinski definition) is 3. The van der Waals surface area contributed by atoms with Crippen molar-refractivity contribution in [3.63, 3.8) is 0 Å². The van der Waals surface area contributed by atoms with Gasteiger partial charge in [-0.2, -0.15) is 0 Å². The third-order valence-electron chi connectivity index (χ3n) is 11.4. The summed E-state index contributed by atoms with van der Waals surface area (Å²) in [6, 6.07) is 67.2. The zero-order chi connectivity index (χ0) is 35.1. The highest BCUT2D eigenvalue weighted by atomic mass is 32.1. The number of fused-ring (bicyclic) bond motifs is 9. The molecule has 250 valence electrons. The van der Waals surface area contributed by atoms with E-state index in [4.69, 9.17) is 0 Å². The highest BCUT2D eigenvalue weighted by molar-refractivity contribution is 7.27. The second-order valence-electron chi connectivity index (χ2n) is 14.2. The first-order valence-corrected chi connectivity index (χ1v) is 19.8. The molecule has 0 N–H and O–H groups in total. The third-order valence-corrected chi connectivity index (χ3v) is 13.8. The van der Waals surface area contributed by atoms with Gasteiger partial charge in [-0.1, -0.05) is 146 Å². The largest absolute Gasteiger partial charge is 0.308 e. The maximum atomic E-state index is 2.51. The van der Waals surface area contributed by atoms with Crippen LogP contribution in [-0.4, -0.2) is 0 Å². The SMILES string of the molecule is CC1(c2cccc3sc4c(N(c5ccc(-c6ccccc6)cc5)c5cccc6c5sc5ccccc56)cccc4c23)c2ccccc2-c2ccccc21. The molecular weight excluding hydrogens is 679 g/mol. The first-order valence-electron chi connectivity index (χ1n) is 18.2. The van der Waals surface area contributed by atoms with E-state index in [1.165, 1.54) is 90.7 Å². The number of hydrogen-bond donors (Lipinski definition) is 0. The van der Waals surface area contributed by atoms with Crippen LogP contribution in [0.1, 0.15) is 23.6 Å². The van der Waals surface area contributed by atoms with Crippen LogP contribution in [0.4, 0.5) is 17.1 Å². The van der Waals surface area contributed by atoms with Crippen LogP contribution in [-0.2, 0) is 5.41 Å². The van der Waals surface area contributed by atoms with Crippen LogP contribution < -0.4 is 4.90 Å². The van der Waals surface area contributed by atoms with Gasteiger partial charge < -0.3 is 4.90 Å². The van der Waals surface area contributed by atoms with Gasteiger partial charge in [-0.25, -0.2) is 0 Å². The van der Waals surface area contributed by atoms with Crippen molar-refractivity contribution in [1.82, 2.24) is 0 Å². The molecule has 1 aliphatic rings.